The Labute approximate surface area is 192 Å². The summed E-state index contributed by atoms with van der Waals surface area (Å²) in [5.74, 6) is 0.332. The lowest BCUT2D eigenvalue weighted by Crippen LogP contribution is -2.38. The molecular formula is C23H24N2O5S2. The molecule has 0 fully saturated rings. The molecule has 9 heteroatoms. The largest absolute Gasteiger partial charge is 0.493 e. The molecule has 0 aliphatic carbocycles. The molecule has 0 heterocycles. The Morgan fingerprint density at radius 3 is 2.25 bits per heavy atom. The number of sulfonamides is 1. The molecule has 7 nitrogen and oxygen atoms in total. The second-order valence-electron chi connectivity index (χ2n) is 6.61. The van der Waals surface area contributed by atoms with E-state index in [2.05, 4.69) is 5.32 Å². The number of rotatable bonds is 9. The van der Waals surface area contributed by atoms with Gasteiger partial charge in [-0.25, -0.2) is 8.42 Å². The van der Waals surface area contributed by atoms with Crippen molar-refractivity contribution in [1.29, 1.82) is 0 Å². The molecule has 0 unspecified atom stereocenters. The van der Waals surface area contributed by atoms with Crippen LogP contribution in [-0.4, -0.2) is 41.3 Å². The zero-order valence-corrected chi connectivity index (χ0v) is 19.6. The minimum absolute atomic E-state index is 0.0760. The molecule has 0 spiro atoms. The highest BCUT2D eigenvalue weighted by Crippen LogP contribution is 2.34. The van der Waals surface area contributed by atoms with E-state index in [1.165, 1.54) is 44.2 Å². The van der Waals surface area contributed by atoms with Gasteiger partial charge in [-0.1, -0.05) is 30.3 Å². The van der Waals surface area contributed by atoms with Gasteiger partial charge >= 0.3 is 0 Å². The molecular weight excluding hydrogens is 448 g/mol. The third kappa shape index (κ3) is 5.17. The SMILES string of the molecule is COc1ccc(N(CC(=O)Nc2ccccc2SC)S(=O)(=O)c2ccccc2)cc1OC. The molecule has 1 amide bonds. The molecule has 0 aliphatic heterocycles. The van der Waals surface area contributed by atoms with E-state index < -0.39 is 22.5 Å². The fourth-order valence-corrected chi connectivity index (χ4v) is 5.07. The number of benzene rings is 3. The van der Waals surface area contributed by atoms with Crippen molar-refractivity contribution in [1.82, 2.24) is 0 Å². The summed E-state index contributed by atoms with van der Waals surface area (Å²) in [6.45, 7) is -0.421. The lowest BCUT2D eigenvalue weighted by atomic mass is 10.2. The molecule has 168 valence electrons. The first-order valence-electron chi connectivity index (χ1n) is 9.63. The number of para-hydroxylation sites is 1. The van der Waals surface area contributed by atoms with Crippen LogP contribution in [0.25, 0.3) is 0 Å². The molecule has 0 saturated carbocycles. The Hall–Kier alpha value is -3.17. The lowest BCUT2D eigenvalue weighted by Gasteiger charge is -2.25. The smallest absolute Gasteiger partial charge is 0.264 e. The van der Waals surface area contributed by atoms with Gasteiger partial charge in [0.25, 0.3) is 10.0 Å². The van der Waals surface area contributed by atoms with Crippen molar-refractivity contribution in [3.63, 3.8) is 0 Å². The summed E-state index contributed by atoms with van der Waals surface area (Å²) in [6, 6.07) is 20.0. The van der Waals surface area contributed by atoms with Crippen molar-refractivity contribution in [2.24, 2.45) is 0 Å². The zero-order chi connectivity index (χ0) is 23.1. The maximum absolute atomic E-state index is 13.5. The maximum atomic E-state index is 13.5. The molecule has 1 N–H and O–H groups in total. The number of hydrogen-bond donors (Lipinski definition) is 1. The molecule has 0 aromatic heterocycles. The Morgan fingerprint density at radius 2 is 1.59 bits per heavy atom. The van der Waals surface area contributed by atoms with Crippen molar-refractivity contribution in [3.8, 4) is 11.5 Å². The van der Waals surface area contributed by atoms with E-state index in [0.29, 0.717) is 17.2 Å². The van der Waals surface area contributed by atoms with Gasteiger partial charge in [0.15, 0.2) is 11.5 Å². The van der Waals surface area contributed by atoms with Crippen molar-refractivity contribution in [2.45, 2.75) is 9.79 Å². The first-order chi connectivity index (χ1) is 15.4. The number of nitrogens with one attached hydrogen (secondary N) is 1. The van der Waals surface area contributed by atoms with Crippen LogP contribution in [-0.2, 0) is 14.8 Å². The molecule has 3 aromatic carbocycles. The fourth-order valence-electron chi connectivity index (χ4n) is 3.08. The van der Waals surface area contributed by atoms with Gasteiger partial charge in [0.2, 0.25) is 5.91 Å². The van der Waals surface area contributed by atoms with E-state index in [9.17, 15) is 13.2 Å². The number of anilines is 2. The monoisotopic (exact) mass is 472 g/mol. The van der Waals surface area contributed by atoms with Gasteiger partial charge in [0.1, 0.15) is 6.54 Å². The summed E-state index contributed by atoms with van der Waals surface area (Å²) in [4.78, 5) is 13.9. The minimum Gasteiger partial charge on any atom is -0.493 e. The first kappa shape index (κ1) is 23.5. The van der Waals surface area contributed by atoms with E-state index in [4.69, 9.17) is 9.47 Å². The normalized spacial score (nSPS) is 11.0. The number of ether oxygens (including phenoxy) is 2. The number of thioether (sulfide) groups is 1. The summed E-state index contributed by atoms with van der Waals surface area (Å²) < 4.78 is 38.6. The number of methoxy groups -OCH3 is 2. The average molecular weight is 473 g/mol. The van der Waals surface area contributed by atoms with Crippen LogP contribution in [0, 0.1) is 0 Å². The molecule has 0 radical (unpaired) electrons. The van der Waals surface area contributed by atoms with Crippen LogP contribution in [0.1, 0.15) is 0 Å². The highest BCUT2D eigenvalue weighted by atomic mass is 32.2. The van der Waals surface area contributed by atoms with Gasteiger partial charge in [0.05, 0.1) is 30.5 Å². The van der Waals surface area contributed by atoms with E-state index in [1.807, 2.05) is 24.5 Å². The fraction of sp³-hybridized carbons (Fsp3) is 0.174. The molecule has 0 aliphatic rings. The van der Waals surface area contributed by atoms with Gasteiger partial charge in [-0.2, -0.15) is 0 Å². The van der Waals surface area contributed by atoms with Gasteiger partial charge < -0.3 is 14.8 Å². The summed E-state index contributed by atoms with van der Waals surface area (Å²) in [6.07, 6.45) is 1.90. The number of amides is 1. The number of carbonyl (C=O) groups is 1. The van der Waals surface area contributed by atoms with Crippen LogP contribution in [0.2, 0.25) is 0 Å². The molecule has 0 atom stereocenters. The summed E-state index contributed by atoms with van der Waals surface area (Å²) in [7, 11) is -1.08. The third-order valence-electron chi connectivity index (χ3n) is 4.65. The topological polar surface area (TPSA) is 84.9 Å². The van der Waals surface area contributed by atoms with Gasteiger partial charge in [-0.15, -0.1) is 11.8 Å². The Balaban J connectivity index is 2.00. The minimum atomic E-state index is -4.03. The molecule has 0 bridgehead atoms. The van der Waals surface area contributed by atoms with E-state index in [-0.39, 0.29) is 10.6 Å². The molecule has 3 aromatic rings. The Morgan fingerprint density at radius 1 is 0.938 bits per heavy atom. The van der Waals surface area contributed by atoms with Crippen LogP contribution in [0.3, 0.4) is 0 Å². The van der Waals surface area contributed by atoms with Crippen molar-refractivity contribution >= 4 is 39.1 Å². The quantitative estimate of drug-likeness (QED) is 0.469. The second kappa shape index (κ2) is 10.4. The summed E-state index contributed by atoms with van der Waals surface area (Å²) >= 11 is 1.49. The standard InChI is InChI=1S/C23H24N2O5S2/c1-29-20-14-13-17(15-21(20)30-2)25(32(27,28)18-9-5-4-6-10-18)16-23(26)24-19-11-7-8-12-22(19)31-3/h4-15H,16H2,1-3H3,(H,24,26). The van der Waals surface area contributed by atoms with Crippen molar-refractivity contribution < 1.29 is 22.7 Å². The zero-order valence-electron chi connectivity index (χ0n) is 17.9. The first-order valence-corrected chi connectivity index (χ1v) is 12.3. The van der Waals surface area contributed by atoms with Crippen LogP contribution >= 0.6 is 11.8 Å². The van der Waals surface area contributed by atoms with Crippen LogP contribution in [0.15, 0.2) is 82.6 Å². The molecule has 3 rings (SSSR count). The Bertz CT molecular complexity index is 1180. The van der Waals surface area contributed by atoms with Gasteiger partial charge in [-0.05, 0) is 42.7 Å². The predicted molar refractivity (Wildman–Crippen MR) is 127 cm³/mol. The summed E-state index contributed by atoms with van der Waals surface area (Å²) in [5, 5.41) is 2.81. The number of hydrogen-bond acceptors (Lipinski definition) is 6. The lowest BCUT2D eigenvalue weighted by molar-refractivity contribution is -0.114. The van der Waals surface area contributed by atoms with E-state index >= 15 is 0 Å². The second-order valence-corrected chi connectivity index (χ2v) is 9.32. The molecule has 0 saturated heterocycles. The van der Waals surface area contributed by atoms with E-state index in [1.54, 1.807) is 36.4 Å². The van der Waals surface area contributed by atoms with Crippen molar-refractivity contribution in [3.05, 3.63) is 72.8 Å². The van der Waals surface area contributed by atoms with Gasteiger partial charge in [0, 0.05) is 11.0 Å². The van der Waals surface area contributed by atoms with Crippen LogP contribution in [0.5, 0.6) is 11.5 Å². The number of nitrogens with zero attached hydrogens (tertiary/aromatic N) is 1. The number of carbonyl (C=O) groups excluding carboxylic acids is 1. The van der Waals surface area contributed by atoms with Crippen molar-refractivity contribution in [2.75, 3.05) is 36.6 Å². The molecule has 32 heavy (non-hydrogen) atoms. The maximum Gasteiger partial charge on any atom is 0.264 e. The van der Waals surface area contributed by atoms with E-state index in [0.717, 1.165) is 9.20 Å². The highest BCUT2D eigenvalue weighted by molar-refractivity contribution is 7.98. The third-order valence-corrected chi connectivity index (χ3v) is 7.24. The van der Waals surface area contributed by atoms with Gasteiger partial charge in [-0.3, -0.25) is 9.10 Å². The Kier molecular flexibility index (Phi) is 7.66. The average Bonchev–Trinajstić information content (AvgIpc) is 2.83. The van der Waals surface area contributed by atoms with Crippen LogP contribution < -0.4 is 19.1 Å². The van der Waals surface area contributed by atoms with Crippen LogP contribution in [0.4, 0.5) is 11.4 Å². The highest BCUT2D eigenvalue weighted by Gasteiger charge is 2.28. The summed E-state index contributed by atoms with van der Waals surface area (Å²) in [5.41, 5.74) is 0.897. The predicted octanol–water partition coefficient (Wildman–Crippen LogP) is 4.26.